The van der Waals surface area contributed by atoms with Crippen molar-refractivity contribution in [3.63, 3.8) is 0 Å². The molecule has 0 heterocycles. The lowest BCUT2D eigenvalue weighted by Crippen LogP contribution is -2.52. The molecule has 32 heavy (non-hydrogen) atoms. The lowest BCUT2D eigenvalue weighted by Gasteiger charge is -2.34. The normalized spacial score (nSPS) is 15.4. The van der Waals surface area contributed by atoms with Gasteiger partial charge in [-0.2, -0.15) is 13.2 Å². The predicted octanol–water partition coefficient (Wildman–Crippen LogP) is 5.60. The van der Waals surface area contributed by atoms with Gasteiger partial charge in [0, 0.05) is 24.0 Å². The second-order valence-electron chi connectivity index (χ2n) is 7.33. The Bertz CT molecular complexity index is 876. The van der Waals surface area contributed by atoms with E-state index in [2.05, 4.69) is 0 Å². The minimum absolute atomic E-state index is 0.0466. The summed E-state index contributed by atoms with van der Waals surface area (Å²) in [6.07, 6.45) is -4.67. The molecule has 9 heteroatoms. The molecule has 0 aliphatic rings. The molecule has 0 N–H and O–H groups in total. The molecule has 2 aromatic carbocycles. The van der Waals surface area contributed by atoms with Crippen molar-refractivity contribution in [2.45, 2.75) is 56.5 Å². The van der Waals surface area contributed by atoms with Crippen molar-refractivity contribution in [2.24, 2.45) is 0 Å². The van der Waals surface area contributed by atoms with E-state index in [-0.39, 0.29) is 12.0 Å². The highest BCUT2D eigenvalue weighted by atomic mass is 19.4. The number of unbranched alkanes of at least 4 members (excludes halogenated alkanes) is 2. The summed E-state index contributed by atoms with van der Waals surface area (Å²) in [5.74, 6) is -1.75. The number of halogens is 3. The summed E-state index contributed by atoms with van der Waals surface area (Å²) in [6, 6.07) is 12.7. The Morgan fingerprint density at radius 1 is 1.03 bits per heavy atom. The maximum absolute atomic E-state index is 14.2. The molecule has 0 amide bonds. The molecule has 0 aliphatic carbocycles. The van der Waals surface area contributed by atoms with E-state index in [1.807, 2.05) is 6.92 Å². The summed E-state index contributed by atoms with van der Waals surface area (Å²) < 4.78 is 52.7. The second-order valence-corrected chi connectivity index (χ2v) is 7.33. The molecule has 0 saturated heterocycles. The fourth-order valence-electron chi connectivity index (χ4n) is 3.57. The van der Waals surface area contributed by atoms with Crippen LogP contribution in [0, 0.1) is 10.1 Å². The zero-order chi connectivity index (χ0) is 23.8. The summed E-state index contributed by atoms with van der Waals surface area (Å²) >= 11 is 0. The smallest absolute Gasteiger partial charge is 0.432 e. The first kappa shape index (κ1) is 25.3. The summed E-state index contributed by atoms with van der Waals surface area (Å²) in [5.41, 5.74) is -3.67. The average Bonchev–Trinajstić information content (AvgIpc) is 2.76. The molecule has 2 rings (SSSR count). The lowest BCUT2D eigenvalue weighted by atomic mass is 9.92. The highest BCUT2D eigenvalue weighted by Crippen LogP contribution is 2.44. The van der Waals surface area contributed by atoms with Crippen molar-refractivity contribution in [3.8, 4) is 0 Å². The summed E-state index contributed by atoms with van der Waals surface area (Å²) in [5, 5.41) is 11.8. The minimum atomic E-state index is -5.17. The zero-order valence-electron chi connectivity index (χ0n) is 17.9. The third-order valence-corrected chi connectivity index (χ3v) is 5.26. The highest BCUT2D eigenvalue weighted by molar-refractivity contribution is 5.83. The van der Waals surface area contributed by atoms with Gasteiger partial charge in [0.25, 0.3) is 11.6 Å². The molecule has 3 atom stereocenters. The van der Waals surface area contributed by atoms with Crippen LogP contribution in [0.5, 0.6) is 0 Å². The molecule has 0 fully saturated rings. The maximum Gasteiger partial charge on any atom is 0.432 e. The van der Waals surface area contributed by atoms with E-state index in [1.54, 1.807) is 18.2 Å². The van der Waals surface area contributed by atoms with E-state index in [9.17, 15) is 28.1 Å². The quantitative estimate of drug-likeness (QED) is 0.192. The highest BCUT2D eigenvalue weighted by Gasteiger charge is 2.64. The number of nitro groups is 1. The van der Waals surface area contributed by atoms with E-state index in [0.29, 0.717) is 12.8 Å². The first-order valence-corrected chi connectivity index (χ1v) is 10.3. The van der Waals surface area contributed by atoms with Crippen LogP contribution in [-0.4, -0.2) is 30.2 Å². The lowest BCUT2D eigenvalue weighted by molar-refractivity contribution is -0.536. The maximum atomic E-state index is 14.2. The number of hydrogen-bond donors (Lipinski definition) is 0. The fraction of sp³-hybridized carbons (Fsp3) is 0.435. The third-order valence-electron chi connectivity index (χ3n) is 5.26. The number of rotatable bonds is 11. The van der Waals surface area contributed by atoms with Gasteiger partial charge in [0.1, 0.15) is 0 Å². The number of hydrogen-bond acceptors (Lipinski definition) is 5. The standard InChI is InChI=1S/C23H26F3NO5/c1-3-4-7-16-19(27(29)30)20(17-12-8-5-9-13-17)32-21(28)22(31-2,23(24,25)26)18-14-10-6-11-15-18/h5-6,8-15,19-20H,3-4,7,16H2,1-2H3/t19-,20+,22-/m0/s1. The SMILES string of the molecule is CCCCC[C@@H]([C@H](OC(=O)[C@@](OC)(c1ccccc1)C(F)(F)F)c1ccccc1)[N+](=O)[O-]. The number of alkyl halides is 3. The van der Waals surface area contributed by atoms with Gasteiger partial charge in [-0.15, -0.1) is 0 Å². The van der Waals surface area contributed by atoms with Crippen LogP contribution in [-0.2, 0) is 19.9 Å². The fourth-order valence-corrected chi connectivity index (χ4v) is 3.57. The van der Waals surface area contributed by atoms with E-state index in [1.165, 1.54) is 30.3 Å². The first-order chi connectivity index (χ1) is 15.2. The summed E-state index contributed by atoms with van der Waals surface area (Å²) in [7, 11) is 0.755. The van der Waals surface area contributed by atoms with Crippen molar-refractivity contribution in [1.29, 1.82) is 0 Å². The molecular weight excluding hydrogens is 427 g/mol. The number of carbonyl (C=O) groups is 1. The van der Waals surface area contributed by atoms with Crippen molar-refractivity contribution in [1.82, 2.24) is 0 Å². The Labute approximate surface area is 184 Å². The van der Waals surface area contributed by atoms with Crippen molar-refractivity contribution < 1.29 is 32.4 Å². The second kappa shape index (κ2) is 11.1. The summed E-state index contributed by atoms with van der Waals surface area (Å²) in [6.45, 7) is 1.92. The average molecular weight is 453 g/mol. The molecule has 0 spiro atoms. The summed E-state index contributed by atoms with van der Waals surface area (Å²) in [4.78, 5) is 24.3. The van der Waals surface area contributed by atoms with Crippen molar-refractivity contribution >= 4 is 5.97 Å². The van der Waals surface area contributed by atoms with Crippen LogP contribution >= 0.6 is 0 Å². The van der Waals surface area contributed by atoms with Gasteiger partial charge in [-0.05, 0) is 12.0 Å². The molecule has 0 aromatic heterocycles. The van der Waals surface area contributed by atoms with Gasteiger partial charge in [0.05, 0.1) is 0 Å². The molecule has 2 aromatic rings. The van der Waals surface area contributed by atoms with Crippen LogP contribution in [0.2, 0.25) is 0 Å². The molecule has 0 radical (unpaired) electrons. The topological polar surface area (TPSA) is 78.7 Å². The van der Waals surface area contributed by atoms with Gasteiger partial charge < -0.3 is 9.47 Å². The van der Waals surface area contributed by atoms with Crippen LogP contribution in [0.3, 0.4) is 0 Å². The van der Waals surface area contributed by atoms with Gasteiger partial charge in [-0.3, -0.25) is 10.1 Å². The van der Waals surface area contributed by atoms with Gasteiger partial charge in [0.2, 0.25) is 0 Å². The first-order valence-electron chi connectivity index (χ1n) is 10.3. The number of esters is 1. The van der Waals surface area contributed by atoms with E-state index in [0.717, 1.165) is 25.7 Å². The van der Waals surface area contributed by atoms with Crippen LogP contribution in [0.25, 0.3) is 0 Å². The molecule has 174 valence electrons. The predicted molar refractivity (Wildman–Crippen MR) is 111 cm³/mol. The van der Waals surface area contributed by atoms with Crippen molar-refractivity contribution in [2.75, 3.05) is 7.11 Å². The van der Waals surface area contributed by atoms with Gasteiger partial charge in [-0.25, -0.2) is 4.79 Å². The Hall–Kier alpha value is -2.94. The van der Waals surface area contributed by atoms with Crippen LogP contribution in [0.15, 0.2) is 60.7 Å². The largest absolute Gasteiger partial charge is 0.447 e. The van der Waals surface area contributed by atoms with E-state index < -0.39 is 40.4 Å². The van der Waals surface area contributed by atoms with Gasteiger partial charge in [0.15, 0.2) is 6.10 Å². The molecule has 6 nitrogen and oxygen atoms in total. The molecule has 0 saturated carbocycles. The molecular formula is C23H26F3NO5. The number of nitrogens with zero attached hydrogens (tertiary/aromatic N) is 1. The van der Waals surface area contributed by atoms with Crippen LogP contribution < -0.4 is 0 Å². The Kier molecular flexibility index (Phi) is 8.77. The van der Waals surface area contributed by atoms with E-state index in [4.69, 9.17) is 9.47 Å². The van der Waals surface area contributed by atoms with Crippen LogP contribution in [0.4, 0.5) is 13.2 Å². The molecule has 0 bridgehead atoms. The van der Waals surface area contributed by atoms with Crippen molar-refractivity contribution in [3.05, 3.63) is 81.9 Å². The third kappa shape index (κ3) is 5.45. The molecule has 0 unspecified atom stereocenters. The number of methoxy groups -OCH3 is 1. The Morgan fingerprint density at radius 2 is 1.59 bits per heavy atom. The van der Waals surface area contributed by atoms with E-state index >= 15 is 0 Å². The Balaban J connectivity index is 2.52. The zero-order valence-corrected chi connectivity index (χ0v) is 17.9. The monoisotopic (exact) mass is 453 g/mol. The Morgan fingerprint density at radius 3 is 2.06 bits per heavy atom. The van der Waals surface area contributed by atoms with Gasteiger partial charge >= 0.3 is 12.1 Å². The van der Waals surface area contributed by atoms with Crippen LogP contribution in [0.1, 0.15) is 49.8 Å². The van der Waals surface area contributed by atoms with Gasteiger partial charge in [-0.1, -0.05) is 80.4 Å². The molecule has 0 aliphatic heterocycles. The number of ether oxygens (including phenoxy) is 2. The number of carbonyl (C=O) groups excluding carboxylic acids is 1. The minimum Gasteiger partial charge on any atom is -0.447 e. The number of benzene rings is 2.